The molecular weight excluding hydrogens is 192 g/mol. The topological polar surface area (TPSA) is 43.4 Å². The van der Waals surface area contributed by atoms with Crippen molar-refractivity contribution in [3.05, 3.63) is 18.3 Å². The number of hydrogen-bond acceptors (Lipinski definition) is 4. The zero-order valence-corrected chi connectivity index (χ0v) is 8.90. The number of anilines is 1. The number of methoxy groups -OCH3 is 1. The SMILES string of the molecule is COc1ncccc1NC1CCCOC1. The summed E-state index contributed by atoms with van der Waals surface area (Å²) in [7, 11) is 1.63. The average Bonchev–Trinajstić information content (AvgIpc) is 2.31. The van der Waals surface area contributed by atoms with Gasteiger partial charge in [-0.3, -0.25) is 0 Å². The summed E-state index contributed by atoms with van der Waals surface area (Å²) < 4.78 is 10.6. The molecule has 1 saturated heterocycles. The fourth-order valence-corrected chi connectivity index (χ4v) is 1.74. The fraction of sp³-hybridized carbons (Fsp3) is 0.545. The monoisotopic (exact) mass is 208 g/mol. The summed E-state index contributed by atoms with van der Waals surface area (Å²) in [6.07, 6.45) is 3.97. The van der Waals surface area contributed by atoms with Crippen molar-refractivity contribution < 1.29 is 9.47 Å². The molecule has 2 rings (SSSR count). The second-order valence-corrected chi connectivity index (χ2v) is 3.62. The second kappa shape index (κ2) is 4.98. The third-order valence-electron chi connectivity index (χ3n) is 2.48. The molecule has 0 aromatic carbocycles. The van der Waals surface area contributed by atoms with Crippen LogP contribution >= 0.6 is 0 Å². The summed E-state index contributed by atoms with van der Waals surface area (Å²) in [4.78, 5) is 4.14. The van der Waals surface area contributed by atoms with E-state index < -0.39 is 0 Å². The zero-order chi connectivity index (χ0) is 10.5. The quantitative estimate of drug-likeness (QED) is 0.820. The van der Waals surface area contributed by atoms with Crippen LogP contribution in [0.25, 0.3) is 0 Å². The first-order valence-corrected chi connectivity index (χ1v) is 5.23. The number of nitrogens with zero attached hydrogens (tertiary/aromatic N) is 1. The highest BCUT2D eigenvalue weighted by atomic mass is 16.5. The third kappa shape index (κ3) is 2.59. The fourth-order valence-electron chi connectivity index (χ4n) is 1.74. The molecule has 82 valence electrons. The van der Waals surface area contributed by atoms with Gasteiger partial charge in [0.15, 0.2) is 0 Å². The number of nitrogens with one attached hydrogen (secondary N) is 1. The van der Waals surface area contributed by atoms with Crippen molar-refractivity contribution in [2.24, 2.45) is 0 Å². The molecule has 1 unspecified atom stereocenters. The van der Waals surface area contributed by atoms with E-state index in [1.807, 2.05) is 12.1 Å². The van der Waals surface area contributed by atoms with Gasteiger partial charge in [-0.1, -0.05) is 0 Å². The van der Waals surface area contributed by atoms with Crippen LogP contribution in [0, 0.1) is 0 Å². The van der Waals surface area contributed by atoms with Crippen LogP contribution in [0.15, 0.2) is 18.3 Å². The first-order valence-electron chi connectivity index (χ1n) is 5.23. The smallest absolute Gasteiger partial charge is 0.237 e. The van der Waals surface area contributed by atoms with E-state index in [1.165, 1.54) is 0 Å². The Morgan fingerprint density at radius 1 is 1.60 bits per heavy atom. The van der Waals surface area contributed by atoms with Gasteiger partial charge >= 0.3 is 0 Å². The standard InChI is InChI=1S/C11H16N2O2/c1-14-11-10(5-2-6-12-11)13-9-4-3-7-15-8-9/h2,5-6,9,13H,3-4,7-8H2,1H3. The molecule has 0 bridgehead atoms. The zero-order valence-electron chi connectivity index (χ0n) is 8.90. The second-order valence-electron chi connectivity index (χ2n) is 3.62. The maximum Gasteiger partial charge on any atom is 0.237 e. The van der Waals surface area contributed by atoms with E-state index in [4.69, 9.17) is 9.47 Å². The first-order chi connectivity index (χ1) is 7.40. The minimum Gasteiger partial charge on any atom is -0.480 e. The number of pyridine rings is 1. The Labute approximate surface area is 89.6 Å². The van der Waals surface area contributed by atoms with E-state index in [2.05, 4.69) is 10.3 Å². The summed E-state index contributed by atoms with van der Waals surface area (Å²) >= 11 is 0. The van der Waals surface area contributed by atoms with Crippen molar-refractivity contribution in [3.63, 3.8) is 0 Å². The molecule has 0 saturated carbocycles. The van der Waals surface area contributed by atoms with Crippen LogP contribution in [0.2, 0.25) is 0 Å². The van der Waals surface area contributed by atoms with Crippen LogP contribution in [0.4, 0.5) is 5.69 Å². The molecular formula is C11H16N2O2. The van der Waals surface area contributed by atoms with Gasteiger partial charge in [-0.15, -0.1) is 0 Å². The van der Waals surface area contributed by atoms with Crippen LogP contribution in [-0.2, 0) is 4.74 Å². The maximum atomic E-state index is 5.40. The number of hydrogen-bond donors (Lipinski definition) is 1. The highest BCUT2D eigenvalue weighted by molar-refractivity contribution is 5.52. The number of ether oxygens (including phenoxy) is 2. The lowest BCUT2D eigenvalue weighted by atomic mass is 10.1. The van der Waals surface area contributed by atoms with Crippen molar-refractivity contribution in [2.45, 2.75) is 18.9 Å². The van der Waals surface area contributed by atoms with Crippen LogP contribution < -0.4 is 10.1 Å². The van der Waals surface area contributed by atoms with Crippen molar-refractivity contribution in [2.75, 3.05) is 25.6 Å². The van der Waals surface area contributed by atoms with Gasteiger partial charge in [0, 0.05) is 18.8 Å². The Bertz CT molecular complexity index is 311. The van der Waals surface area contributed by atoms with Crippen molar-refractivity contribution in [1.29, 1.82) is 0 Å². The summed E-state index contributed by atoms with van der Waals surface area (Å²) in [5, 5.41) is 3.39. The summed E-state index contributed by atoms with van der Waals surface area (Å²) in [5.74, 6) is 0.642. The highest BCUT2D eigenvalue weighted by Gasteiger charge is 2.15. The maximum absolute atomic E-state index is 5.40. The van der Waals surface area contributed by atoms with Gasteiger partial charge in [-0.2, -0.15) is 0 Å². The Hall–Kier alpha value is -1.29. The van der Waals surface area contributed by atoms with Gasteiger partial charge in [0.2, 0.25) is 5.88 Å². The van der Waals surface area contributed by atoms with Gasteiger partial charge in [0.25, 0.3) is 0 Å². The lowest BCUT2D eigenvalue weighted by Gasteiger charge is -2.24. The predicted octanol–water partition coefficient (Wildman–Crippen LogP) is 1.68. The Morgan fingerprint density at radius 2 is 2.53 bits per heavy atom. The molecule has 4 heteroatoms. The first kappa shape index (κ1) is 10.2. The number of aromatic nitrogens is 1. The van der Waals surface area contributed by atoms with Crippen LogP contribution in [0.5, 0.6) is 5.88 Å². The summed E-state index contributed by atoms with van der Waals surface area (Å²) in [5.41, 5.74) is 0.940. The molecule has 1 fully saturated rings. The predicted molar refractivity (Wildman–Crippen MR) is 58.3 cm³/mol. The molecule has 1 atom stereocenters. The number of rotatable bonds is 3. The van der Waals surface area contributed by atoms with Crippen molar-refractivity contribution in [1.82, 2.24) is 4.98 Å². The van der Waals surface area contributed by atoms with Crippen LogP contribution in [0.3, 0.4) is 0 Å². The Balaban J connectivity index is 2.02. The van der Waals surface area contributed by atoms with Gasteiger partial charge < -0.3 is 14.8 Å². The molecule has 1 aliphatic heterocycles. The molecule has 0 spiro atoms. The van der Waals surface area contributed by atoms with Gasteiger partial charge in [-0.05, 0) is 25.0 Å². The largest absolute Gasteiger partial charge is 0.480 e. The van der Waals surface area contributed by atoms with E-state index in [0.717, 1.165) is 31.7 Å². The molecule has 0 aliphatic carbocycles. The minimum atomic E-state index is 0.372. The van der Waals surface area contributed by atoms with E-state index in [0.29, 0.717) is 11.9 Å². The van der Waals surface area contributed by atoms with E-state index >= 15 is 0 Å². The molecule has 1 aromatic heterocycles. The molecule has 0 radical (unpaired) electrons. The lowest BCUT2D eigenvalue weighted by molar-refractivity contribution is 0.0875. The molecule has 1 aromatic rings. The van der Waals surface area contributed by atoms with Crippen LogP contribution in [0.1, 0.15) is 12.8 Å². The van der Waals surface area contributed by atoms with E-state index in [-0.39, 0.29) is 0 Å². The lowest BCUT2D eigenvalue weighted by Crippen LogP contribution is -2.30. The molecule has 0 amide bonds. The van der Waals surface area contributed by atoms with Gasteiger partial charge in [-0.25, -0.2) is 4.98 Å². The normalized spacial score (nSPS) is 21.0. The highest BCUT2D eigenvalue weighted by Crippen LogP contribution is 2.22. The van der Waals surface area contributed by atoms with Crippen LogP contribution in [-0.4, -0.2) is 31.3 Å². The van der Waals surface area contributed by atoms with E-state index in [9.17, 15) is 0 Å². The molecule has 1 N–H and O–H groups in total. The molecule has 1 aliphatic rings. The molecule has 2 heterocycles. The Kier molecular flexibility index (Phi) is 3.40. The molecule has 15 heavy (non-hydrogen) atoms. The van der Waals surface area contributed by atoms with Gasteiger partial charge in [0.05, 0.1) is 19.4 Å². The third-order valence-corrected chi connectivity index (χ3v) is 2.48. The summed E-state index contributed by atoms with van der Waals surface area (Å²) in [6, 6.07) is 4.24. The van der Waals surface area contributed by atoms with Gasteiger partial charge in [0.1, 0.15) is 0 Å². The average molecular weight is 208 g/mol. The van der Waals surface area contributed by atoms with E-state index in [1.54, 1.807) is 13.3 Å². The minimum absolute atomic E-state index is 0.372. The molecule has 4 nitrogen and oxygen atoms in total. The van der Waals surface area contributed by atoms with Crippen molar-refractivity contribution >= 4 is 5.69 Å². The van der Waals surface area contributed by atoms with Crippen molar-refractivity contribution in [3.8, 4) is 5.88 Å². The summed E-state index contributed by atoms with van der Waals surface area (Å²) in [6.45, 7) is 1.64. The Morgan fingerprint density at radius 3 is 3.27 bits per heavy atom.